The molecule has 92 valence electrons. The number of alkyl carbamates (subject to hydrolysis) is 1. The predicted octanol–water partition coefficient (Wildman–Crippen LogP) is 1.51. The average molecular weight is 226 g/mol. The summed E-state index contributed by atoms with van der Waals surface area (Å²) in [5.74, 6) is 2.56. The van der Waals surface area contributed by atoms with Crippen molar-refractivity contribution in [1.82, 2.24) is 10.6 Å². The Morgan fingerprint density at radius 1 is 1.50 bits per heavy atom. The van der Waals surface area contributed by atoms with Gasteiger partial charge in [-0.3, -0.25) is 0 Å². The van der Waals surface area contributed by atoms with Crippen LogP contribution in [0.1, 0.15) is 34.1 Å². The Morgan fingerprint density at radius 2 is 2.12 bits per heavy atom. The largest absolute Gasteiger partial charge is 0.450 e. The van der Waals surface area contributed by atoms with E-state index >= 15 is 0 Å². The van der Waals surface area contributed by atoms with Crippen molar-refractivity contribution >= 4 is 6.09 Å². The second kappa shape index (κ2) is 7.13. The van der Waals surface area contributed by atoms with Gasteiger partial charge in [0.1, 0.15) is 0 Å². The van der Waals surface area contributed by atoms with Gasteiger partial charge in [-0.1, -0.05) is 5.92 Å². The number of hydrogen-bond donors (Lipinski definition) is 2. The molecule has 0 aliphatic carbocycles. The van der Waals surface area contributed by atoms with Crippen LogP contribution in [0.3, 0.4) is 0 Å². The van der Waals surface area contributed by atoms with Crippen LogP contribution in [-0.4, -0.2) is 30.8 Å². The first-order chi connectivity index (χ1) is 7.35. The number of rotatable bonds is 5. The van der Waals surface area contributed by atoms with Crippen LogP contribution in [-0.2, 0) is 4.74 Å². The van der Waals surface area contributed by atoms with Crippen LogP contribution in [0, 0.1) is 12.3 Å². The fraction of sp³-hybridized carbons (Fsp3) is 0.750. The van der Waals surface area contributed by atoms with Crippen molar-refractivity contribution in [3.05, 3.63) is 0 Å². The van der Waals surface area contributed by atoms with E-state index in [0.29, 0.717) is 6.61 Å². The molecule has 4 heteroatoms. The Labute approximate surface area is 98.1 Å². The van der Waals surface area contributed by atoms with Crippen molar-refractivity contribution in [3.63, 3.8) is 0 Å². The molecular formula is C12H22N2O2. The molecule has 0 spiro atoms. The summed E-state index contributed by atoms with van der Waals surface area (Å²) in [5.41, 5.74) is -0.257. The van der Waals surface area contributed by atoms with Crippen LogP contribution in [0.5, 0.6) is 0 Å². The maximum absolute atomic E-state index is 11.2. The third-order valence-electron chi connectivity index (χ3n) is 1.73. The van der Waals surface area contributed by atoms with Gasteiger partial charge in [0.05, 0.1) is 12.6 Å². The maximum atomic E-state index is 11.2. The first-order valence-electron chi connectivity index (χ1n) is 5.49. The molecule has 2 N–H and O–H groups in total. The summed E-state index contributed by atoms with van der Waals surface area (Å²) in [6, 6.07) is 0.0587. The van der Waals surface area contributed by atoms with E-state index in [1.807, 2.05) is 27.7 Å². The quantitative estimate of drug-likeness (QED) is 0.552. The number of terminal acetylenes is 1. The number of hydrogen-bond acceptors (Lipinski definition) is 3. The molecular weight excluding hydrogens is 204 g/mol. The molecule has 0 aromatic carbocycles. The van der Waals surface area contributed by atoms with Crippen LogP contribution in [0.4, 0.5) is 4.79 Å². The first kappa shape index (κ1) is 14.8. The number of amides is 1. The van der Waals surface area contributed by atoms with Gasteiger partial charge in [0.15, 0.2) is 0 Å². The summed E-state index contributed by atoms with van der Waals surface area (Å²) in [6.07, 6.45) is 5.57. The summed E-state index contributed by atoms with van der Waals surface area (Å²) < 4.78 is 4.99. The van der Waals surface area contributed by atoms with E-state index in [-0.39, 0.29) is 17.7 Å². The van der Waals surface area contributed by atoms with E-state index in [4.69, 9.17) is 11.2 Å². The van der Waals surface area contributed by atoms with Gasteiger partial charge in [-0.2, -0.15) is 0 Å². The number of ether oxygens (including phenoxy) is 1. The van der Waals surface area contributed by atoms with Gasteiger partial charge >= 0.3 is 6.09 Å². The SMILES string of the molecule is C#C[C@H](C)NCCCOC(=O)NC(C)(C)C. The highest BCUT2D eigenvalue weighted by atomic mass is 16.5. The molecule has 0 fully saturated rings. The monoisotopic (exact) mass is 226 g/mol. The van der Waals surface area contributed by atoms with Crippen LogP contribution >= 0.6 is 0 Å². The molecule has 0 aromatic rings. The zero-order valence-electron chi connectivity index (χ0n) is 10.6. The normalized spacial score (nSPS) is 12.7. The minimum Gasteiger partial charge on any atom is -0.450 e. The maximum Gasteiger partial charge on any atom is 0.407 e. The van der Waals surface area contributed by atoms with Crippen molar-refractivity contribution < 1.29 is 9.53 Å². The number of carbonyl (C=O) groups is 1. The van der Waals surface area contributed by atoms with Crippen LogP contribution in [0.15, 0.2) is 0 Å². The van der Waals surface area contributed by atoms with Crippen LogP contribution in [0.2, 0.25) is 0 Å². The Bertz CT molecular complexity index is 251. The van der Waals surface area contributed by atoms with Gasteiger partial charge in [0, 0.05) is 5.54 Å². The predicted molar refractivity (Wildman–Crippen MR) is 65.2 cm³/mol. The molecule has 0 saturated heterocycles. The van der Waals surface area contributed by atoms with Gasteiger partial charge in [0.25, 0.3) is 0 Å². The van der Waals surface area contributed by atoms with Crippen LogP contribution < -0.4 is 10.6 Å². The number of nitrogens with one attached hydrogen (secondary N) is 2. The van der Waals surface area contributed by atoms with Crippen molar-refractivity contribution in [2.75, 3.05) is 13.2 Å². The second-order valence-electron chi connectivity index (χ2n) is 4.71. The highest BCUT2D eigenvalue weighted by Gasteiger charge is 2.13. The smallest absolute Gasteiger partial charge is 0.407 e. The van der Waals surface area contributed by atoms with Gasteiger partial charge in [-0.05, 0) is 40.7 Å². The van der Waals surface area contributed by atoms with Crippen molar-refractivity contribution in [3.8, 4) is 12.3 Å². The third-order valence-corrected chi connectivity index (χ3v) is 1.73. The first-order valence-corrected chi connectivity index (χ1v) is 5.49. The molecule has 0 heterocycles. The Kier molecular flexibility index (Phi) is 6.59. The molecule has 4 nitrogen and oxygen atoms in total. The molecule has 0 radical (unpaired) electrons. The van der Waals surface area contributed by atoms with Crippen LogP contribution in [0.25, 0.3) is 0 Å². The van der Waals surface area contributed by atoms with Crippen molar-refractivity contribution in [2.45, 2.75) is 45.7 Å². The van der Waals surface area contributed by atoms with Crippen molar-refractivity contribution in [1.29, 1.82) is 0 Å². The second-order valence-corrected chi connectivity index (χ2v) is 4.71. The minimum absolute atomic E-state index is 0.0587. The Morgan fingerprint density at radius 3 is 2.62 bits per heavy atom. The lowest BCUT2D eigenvalue weighted by Gasteiger charge is -2.19. The lowest BCUT2D eigenvalue weighted by molar-refractivity contribution is 0.136. The van der Waals surface area contributed by atoms with E-state index in [1.54, 1.807) is 0 Å². The highest BCUT2D eigenvalue weighted by molar-refractivity contribution is 5.67. The lowest BCUT2D eigenvalue weighted by atomic mass is 10.1. The molecule has 0 aliphatic heterocycles. The Hall–Kier alpha value is -1.21. The molecule has 0 bridgehead atoms. The zero-order chi connectivity index (χ0) is 12.6. The lowest BCUT2D eigenvalue weighted by Crippen LogP contribution is -2.41. The molecule has 1 amide bonds. The molecule has 0 aromatic heterocycles. The fourth-order valence-electron chi connectivity index (χ4n) is 0.957. The highest BCUT2D eigenvalue weighted by Crippen LogP contribution is 1.98. The molecule has 0 aliphatic rings. The summed E-state index contributed by atoms with van der Waals surface area (Å²) in [4.78, 5) is 11.2. The average Bonchev–Trinajstić information content (AvgIpc) is 2.14. The fourth-order valence-corrected chi connectivity index (χ4v) is 0.957. The van der Waals surface area contributed by atoms with E-state index < -0.39 is 0 Å². The van der Waals surface area contributed by atoms with E-state index in [1.165, 1.54) is 0 Å². The van der Waals surface area contributed by atoms with E-state index in [0.717, 1.165) is 13.0 Å². The van der Waals surface area contributed by atoms with Gasteiger partial charge in [-0.25, -0.2) is 4.79 Å². The molecule has 16 heavy (non-hydrogen) atoms. The summed E-state index contributed by atoms with van der Waals surface area (Å²) in [6.45, 7) is 8.77. The number of carbonyl (C=O) groups excluding carboxylic acids is 1. The summed E-state index contributed by atoms with van der Waals surface area (Å²) in [5, 5.41) is 5.82. The Balaban J connectivity index is 3.46. The van der Waals surface area contributed by atoms with Gasteiger partial charge in [-0.15, -0.1) is 6.42 Å². The minimum atomic E-state index is -0.377. The molecule has 0 rings (SSSR count). The van der Waals surface area contributed by atoms with E-state index in [9.17, 15) is 4.79 Å². The zero-order valence-corrected chi connectivity index (χ0v) is 10.6. The standard InChI is InChI=1S/C12H22N2O2/c1-6-10(2)13-8-7-9-16-11(15)14-12(3,4)5/h1,10,13H,7-9H2,2-5H3,(H,14,15)/t10-/m0/s1. The summed E-state index contributed by atoms with van der Waals surface area (Å²) in [7, 11) is 0. The van der Waals surface area contributed by atoms with E-state index in [2.05, 4.69) is 16.6 Å². The molecule has 0 saturated carbocycles. The molecule has 0 unspecified atom stereocenters. The molecule has 1 atom stereocenters. The third kappa shape index (κ3) is 9.35. The van der Waals surface area contributed by atoms with Gasteiger partial charge in [0.2, 0.25) is 0 Å². The van der Waals surface area contributed by atoms with Gasteiger partial charge < -0.3 is 15.4 Å². The van der Waals surface area contributed by atoms with Crippen molar-refractivity contribution in [2.24, 2.45) is 0 Å². The topological polar surface area (TPSA) is 50.4 Å². The summed E-state index contributed by atoms with van der Waals surface area (Å²) >= 11 is 0.